The maximum Gasteiger partial charge on any atom is 0.185 e. The summed E-state index contributed by atoms with van der Waals surface area (Å²) in [7, 11) is 0. The first-order chi connectivity index (χ1) is 14.2. The highest BCUT2D eigenvalue weighted by Gasteiger charge is 2.45. The van der Waals surface area contributed by atoms with E-state index in [1.807, 2.05) is 66.7 Å². The Morgan fingerprint density at radius 2 is 1.48 bits per heavy atom. The molecule has 0 amide bonds. The third kappa shape index (κ3) is 6.54. The minimum Gasteiger partial charge on any atom is -0.368 e. The molecule has 2 aromatic rings. The van der Waals surface area contributed by atoms with Crippen LogP contribution in [0.1, 0.15) is 24.5 Å². The van der Waals surface area contributed by atoms with E-state index < -0.39 is 0 Å². The van der Waals surface area contributed by atoms with Crippen molar-refractivity contribution in [2.45, 2.75) is 51.0 Å². The van der Waals surface area contributed by atoms with Gasteiger partial charge in [-0.05, 0) is 17.5 Å². The fourth-order valence-corrected chi connectivity index (χ4v) is 4.09. The van der Waals surface area contributed by atoms with E-state index in [1.165, 1.54) is 11.8 Å². The molecule has 0 N–H and O–H groups in total. The Morgan fingerprint density at radius 1 is 0.966 bits per heavy atom. The Labute approximate surface area is 177 Å². The van der Waals surface area contributed by atoms with Gasteiger partial charge in [-0.1, -0.05) is 78.5 Å². The van der Waals surface area contributed by atoms with E-state index in [4.69, 9.17) is 14.2 Å². The Hall–Kier alpha value is -1.92. The predicted molar refractivity (Wildman–Crippen MR) is 117 cm³/mol. The maximum atomic E-state index is 11.5. The van der Waals surface area contributed by atoms with Crippen molar-refractivity contribution >= 4 is 16.9 Å². The van der Waals surface area contributed by atoms with Crippen LogP contribution in [0.25, 0.3) is 0 Å². The van der Waals surface area contributed by atoms with Crippen LogP contribution < -0.4 is 0 Å². The van der Waals surface area contributed by atoms with Gasteiger partial charge in [0, 0.05) is 12.7 Å². The molecule has 154 valence electrons. The Balaban J connectivity index is 1.73. The molecule has 3 rings (SSSR count). The highest BCUT2D eigenvalue weighted by Crippen LogP contribution is 2.32. The molecule has 4 nitrogen and oxygen atoms in total. The van der Waals surface area contributed by atoms with Gasteiger partial charge >= 0.3 is 0 Å². The van der Waals surface area contributed by atoms with Gasteiger partial charge < -0.3 is 14.2 Å². The average Bonchev–Trinajstić information content (AvgIpc) is 3.07. The smallest absolute Gasteiger partial charge is 0.185 e. The van der Waals surface area contributed by atoms with Crippen molar-refractivity contribution in [2.75, 3.05) is 5.75 Å². The number of rotatable bonds is 10. The van der Waals surface area contributed by atoms with Crippen molar-refractivity contribution in [1.29, 1.82) is 0 Å². The van der Waals surface area contributed by atoms with Gasteiger partial charge in [0.05, 0.1) is 25.4 Å². The average molecular weight is 413 g/mol. The molecule has 0 radical (unpaired) electrons. The van der Waals surface area contributed by atoms with Gasteiger partial charge in [-0.2, -0.15) is 0 Å². The van der Waals surface area contributed by atoms with Crippen molar-refractivity contribution < 1.29 is 19.0 Å². The van der Waals surface area contributed by atoms with Gasteiger partial charge in [0.15, 0.2) is 5.12 Å². The predicted octanol–water partition coefficient (Wildman–Crippen LogP) is 4.78. The molecule has 29 heavy (non-hydrogen) atoms. The fourth-order valence-electron chi connectivity index (χ4n) is 3.43. The largest absolute Gasteiger partial charge is 0.368 e. The molecule has 1 unspecified atom stereocenters. The summed E-state index contributed by atoms with van der Waals surface area (Å²) in [4.78, 5) is 11.5. The second-order valence-electron chi connectivity index (χ2n) is 7.06. The van der Waals surface area contributed by atoms with Crippen molar-refractivity contribution in [1.82, 2.24) is 0 Å². The molecular formula is C24H28O4S. The summed E-state index contributed by atoms with van der Waals surface area (Å²) >= 11 is 1.27. The molecule has 0 aliphatic carbocycles. The second kappa shape index (κ2) is 11.3. The maximum absolute atomic E-state index is 11.5. The summed E-state index contributed by atoms with van der Waals surface area (Å²) in [6.45, 7) is 6.39. The van der Waals surface area contributed by atoms with Crippen molar-refractivity contribution in [2.24, 2.45) is 0 Å². The SMILES string of the molecule is C=CCC1O[C@H](CSC(C)=O)[C@H](OCc2ccccc2)[C@H]1OCc1ccccc1. The number of carbonyl (C=O) groups excluding carboxylic acids is 1. The molecule has 1 saturated heterocycles. The highest BCUT2D eigenvalue weighted by molar-refractivity contribution is 8.13. The van der Waals surface area contributed by atoms with Crippen LogP contribution in [0.4, 0.5) is 0 Å². The van der Waals surface area contributed by atoms with E-state index in [1.54, 1.807) is 6.92 Å². The van der Waals surface area contributed by atoms with Crippen LogP contribution in [0.2, 0.25) is 0 Å². The minimum atomic E-state index is -0.254. The number of benzene rings is 2. The van der Waals surface area contributed by atoms with Crippen LogP contribution in [0.5, 0.6) is 0 Å². The number of thioether (sulfide) groups is 1. The standard InChI is InChI=1S/C24H28O4S/c1-3-10-21-23(26-15-19-11-6-4-7-12-19)24(22(28-21)17-29-18(2)25)27-16-20-13-8-5-9-14-20/h3-9,11-14,21-24H,1,10,15-17H2,2H3/t21?,22-,23+,24+/m1/s1. The minimum absolute atomic E-state index is 0.0735. The second-order valence-corrected chi connectivity index (χ2v) is 8.26. The van der Waals surface area contributed by atoms with Crippen LogP contribution in [0.3, 0.4) is 0 Å². The van der Waals surface area contributed by atoms with Crippen molar-refractivity contribution in [3.05, 3.63) is 84.4 Å². The van der Waals surface area contributed by atoms with E-state index >= 15 is 0 Å². The molecule has 1 aliphatic rings. The molecule has 0 spiro atoms. The Morgan fingerprint density at radius 3 is 1.97 bits per heavy atom. The molecule has 1 fully saturated rings. The summed E-state index contributed by atoms with van der Waals surface area (Å²) in [5.74, 6) is 0.549. The zero-order valence-electron chi connectivity index (χ0n) is 16.7. The first kappa shape index (κ1) is 21.8. The molecule has 0 aromatic heterocycles. The summed E-state index contributed by atoms with van der Waals surface area (Å²) < 4.78 is 18.9. The summed E-state index contributed by atoms with van der Waals surface area (Å²) in [5, 5.41) is 0.0735. The first-order valence-corrected chi connectivity index (χ1v) is 10.9. The monoisotopic (exact) mass is 412 g/mol. The van der Waals surface area contributed by atoms with Crippen molar-refractivity contribution in [3.63, 3.8) is 0 Å². The third-order valence-electron chi connectivity index (χ3n) is 4.83. The van der Waals surface area contributed by atoms with Crippen LogP contribution in [-0.2, 0) is 32.2 Å². The van der Waals surface area contributed by atoms with Crippen LogP contribution in [-0.4, -0.2) is 35.3 Å². The summed E-state index contributed by atoms with van der Waals surface area (Å²) in [6, 6.07) is 20.1. The molecule has 1 aliphatic heterocycles. The van der Waals surface area contributed by atoms with Gasteiger partial charge in [0.25, 0.3) is 0 Å². The van der Waals surface area contributed by atoms with E-state index in [0.717, 1.165) is 11.1 Å². The highest BCUT2D eigenvalue weighted by atomic mass is 32.2. The fraction of sp³-hybridized carbons (Fsp3) is 0.375. The Bertz CT molecular complexity index is 765. The van der Waals surface area contributed by atoms with Crippen LogP contribution in [0, 0.1) is 0 Å². The lowest BCUT2D eigenvalue weighted by atomic mass is 10.1. The van der Waals surface area contributed by atoms with Gasteiger partial charge in [0.1, 0.15) is 12.2 Å². The Kier molecular flexibility index (Phi) is 8.50. The lowest BCUT2D eigenvalue weighted by molar-refractivity contribution is -0.109. The quantitative estimate of drug-likeness (QED) is 0.526. The normalized spacial score (nSPS) is 23.8. The van der Waals surface area contributed by atoms with Crippen LogP contribution in [0.15, 0.2) is 73.3 Å². The summed E-state index contributed by atoms with van der Waals surface area (Å²) in [6.07, 6.45) is 1.68. The topological polar surface area (TPSA) is 44.8 Å². The molecule has 0 saturated carbocycles. The lowest BCUT2D eigenvalue weighted by Gasteiger charge is -2.25. The van der Waals surface area contributed by atoms with E-state index in [0.29, 0.717) is 25.4 Å². The summed E-state index contributed by atoms with van der Waals surface area (Å²) in [5.41, 5.74) is 2.20. The molecule has 5 heteroatoms. The lowest BCUT2D eigenvalue weighted by Crippen LogP contribution is -2.38. The van der Waals surface area contributed by atoms with Gasteiger partial charge in [-0.25, -0.2) is 0 Å². The molecule has 2 aromatic carbocycles. The van der Waals surface area contributed by atoms with E-state index in [-0.39, 0.29) is 29.5 Å². The first-order valence-electron chi connectivity index (χ1n) is 9.88. The number of hydrogen-bond donors (Lipinski definition) is 0. The zero-order chi connectivity index (χ0) is 20.5. The van der Waals surface area contributed by atoms with Gasteiger partial charge in [0.2, 0.25) is 0 Å². The number of carbonyl (C=O) groups is 1. The van der Waals surface area contributed by atoms with Crippen molar-refractivity contribution in [3.8, 4) is 0 Å². The van der Waals surface area contributed by atoms with Gasteiger partial charge in [-0.15, -0.1) is 6.58 Å². The van der Waals surface area contributed by atoms with E-state index in [9.17, 15) is 4.79 Å². The van der Waals surface area contributed by atoms with Gasteiger partial charge in [-0.3, -0.25) is 4.79 Å². The zero-order valence-corrected chi connectivity index (χ0v) is 17.6. The molecular weight excluding hydrogens is 384 g/mol. The van der Waals surface area contributed by atoms with E-state index in [2.05, 4.69) is 6.58 Å². The number of ether oxygens (including phenoxy) is 3. The molecule has 0 bridgehead atoms. The molecule has 4 atom stereocenters. The van der Waals surface area contributed by atoms with Crippen LogP contribution >= 0.6 is 11.8 Å². The number of hydrogen-bond acceptors (Lipinski definition) is 5. The third-order valence-corrected chi connectivity index (χ3v) is 5.73. The molecule has 1 heterocycles.